The zero-order chi connectivity index (χ0) is 5.11. The van der Waals surface area contributed by atoms with E-state index in [0.717, 1.165) is 0 Å². The maximum absolute atomic E-state index is 6.73. The van der Waals surface area contributed by atoms with Crippen LogP contribution in [-0.2, 0) is 0 Å². The predicted molar refractivity (Wildman–Crippen MR) is 26.6 cm³/mol. The Hall–Kier alpha value is -0.510. The number of rotatable bonds is 0. The smallest absolute Gasteiger partial charge is 0.145 e. The van der Waals surface area contributed by atoms with Crippen molar-refractivity contribution in [1.29, 1.82) is 1.12 Å². The van der Waals surface area contributed by atoms with Crippen LogP contribution in [0.1, 0.15) is 0 Å². The van der Waals surface area contributed by atoms with Gasteiger partial charge in [0.15, 0.2) is 0 Å². The van der Waals surface area contributed by atoms with Gasteiger partial charge in [0.05, 0.1) is 1.12 Å². The SMILES string of the molecule is [2H]/[SH]=c1/[nH]cn[nH]1. The molecule has 1 heterocycles. The van der Waals surface area contributed by atoms with Crippen molar-refractivity contribution >= 4 is 12.1 Å². The van der Waals surface area contributed by atoms with Crippen LogP contribution in [0.15, 0.2) is 6.33 Å². The van der Waals surface area contributed by atoms with Gasteiger partial charge in [-0.25, -0.2) is 0 Å². The summed E-state index contributed by atoms with van der Waals surface area (Å²) in [6, 6.07) is 0. The second-order valence-corrected chi connectivity index (χ2v) is 1.31. The van der Waals surface area contributed by atoms with Crippen LogP contribution >= 0.6 is 12.1 Å². The van der Waals surface area contributed by atoms with Crippen LogP contribution < -0.4 is 0 Å². The Kier molecular flexibility index (Phi) is 0.569. The Bertz CT molecular complexity index is 172. The normalized spacial score (nSPS) is 16.0. The number of aromatic amines is 2. The number of hydrogen-bond acceptors (Lipinski definition) is 1. The van der Waals surface area contributed by atoms with Gasteiger partial charge < -0.3 is 4.98 Å². The lowest BCUT2D eigenvalue weighted by Gasteiger charge is -1.56. The highest BCUT2D eigenvalue weighted by atomic mass is 32.1. The van der Waals surface area contributed by atoms with Gasteiger partial charge >= 0.3 is 0 Å². The van der Waals surface area contributed by atoms with Crippen molar-refractivity contribution in [3.8, 4) is 0 Å². The van der Waals surface area contributed by atoms with Gasteiger partial charge in [-0.2, -0.15) is 17.2 Å². The topological polar surface area (TPSA) is 44.5 Å². The maximum atomic E-state index is 6.73. The van der Waals surface area contributed by atoms with Crippen LogP contribution in [0.2, 0.25) is 0 Å². The fourth-order valence-corrected chi connectivity index (χ4v) is 0.335. The summed E-state index contributed by atoms with van der Waals surface area (Å²) in [6.07, 6.45) is 1.51. The largest absolute Gasteiger partial charge is 0.326 e. The zero-order valence-corrected chi connectivity index (χ0v) is 3.87. The minimum Gasteiger partial charge on any atom is -0.326 e. The van der Waals surface area contributed by atoms with Crippen molar-refractivity contribution in [3.63, 3.8) is 0 Å². The summed E-state index contributed by atoms with van der Waals surface area (Å²) in [5.74, 6) is 0. The van der Waals surface area contributed by atoms with E-state index in [-0.39, 0.29) is 0 Å². The predicted octanol–water partition coefficient (Wildman–Crippen LogP) is -0.0681. The Morgan fingerprint density at radius 2 is 3.17 bits per heavy atom. The molecule has 6 heavy (non-hydrogen) atoms. The van der Waals surface area contributed by atoms with Crippen molar-refractivity contribution in [1.82, 2.24) is 15.2 Å². The van der Waals surface area contributed by atoms with E-state index in [1.165, 1.54) is 6.33 Å². The van der Waals surface area contributed by atoms with E-state index in [1.807, 2.05) is 0 Å². The van der Waals surface area contributed by atoms with Gasteiger partial charge in [0, 0.05) is 0 Å². The van der Waals surface area contributed by atoms with Gasteiger partial charge in [-0.05, 0) is 0 Å². The number of H-pyrrole nitrogens is 2. The second kappa shape index (κ2) is 1.30. The van der Waals surface area contributed by atoms with Crippen molar-refractivity contribution < 1.29 is 0 Å². The third kappa shape index (κ3) is 0.514. The molecular weight excluding hydrogens is 98.1 g/mol. The number of nitrogens with zero attached hydrogens (tertiary/aromatic N) is 1. The molecule has 1 aromatic rings. The highest BCUT2D eigenvalue weighted by Crippen LogP contribution is 1.66. The molecule has 0 aliphatic heterocycles. The second-order valence-electron chi connectivity index (χ2n) is 0.863. The first kappa shape index (κ1) is 2.63. The first-order chi connectivity index (χ1) is 3.43. The molecule has 0 spiro atoms. The molecule has 0 fully saturated rings. The molecule has 3 nitrogen and oxygen atoms in total. The van der Waals surface area contributed by atoms with Crippen LogP contribution in [-0.4, -0.2) is 16.3 Å². The van der Waals surface area contributed by atoms with Crippen LogP contribution in [0.3, 0.4) is 0 Å². The van der Waals surface area contributed by atoms with Gasteiger partial charge in [-0.1, -0.05) is 0 Å². The Balaban J connectivity index is 3.22. The number of aromatic nitrogens is 3. The fourth-order valence-electron chi connectivity index (χ4n) is 0.219. The van der Waals surface area contributed by atoms with Crippen LogP contribution in [0.25, 0.3) is 0 Å². The highest BCUT2D eigenvalue weighted by Gasteiger charge is 1.63. The Labute approximate surface area is 40.5 Å². The monoisotopic (exact) mass is 104 g/mol. The molecule has 0 radical (unpaired) electrons. The average Bonchev–Trinajstić information content (AvgIpc) is 2.14. The van der Waals surface area contributed by atoms with E-state index in [2.05, 4.69) is 15.2 Å². The quantitative estimate of drug-likeness (QED) is 0.445. The first-order valence-corrected chi connectivity index (χ1v) is 1.94. The zero-order valence-electron chi connectivity index (χ0n) is 3.97. The van der Waals surface area contributed by atoms with Crippen LogP contribution in [0.5, 0.6) is 0 Å². The van der Waals surface area contributed by atoms with E-state index < -0.39 is 0 Å². The van der Waals surface area contributed by atoms with Gasteiger partial charge in [-0.15, -0.1) is 0 Å². The summed E-state index contributed by atoms with van der Waals surface area (Å²) < 4.78 is 7.44. The maximum Gasteiger partial charge on any atom is 0.145 e. The number of hydrogen-bond donors (Lipinski definition) is 2. The molecule has 2 N–H and O–H groups in total. The van der Waals surface area contributed by atoms with Gasteiger partial charge in [0.2, 0.25) is 0 Å². The van der Waals surface area contributed by atoms with Crippen LogP contribution in [0, 0.1) is 4.77 Å². The van der Waals surface area contributed by atoms with Crippen molar-refractivity contribution in [3.05, 3.63) is 11.1 Å². The summed E-state index contributed by atoms with van der Waals surface area (Å²) in [6.45, 7) is 0. The highest BCUT2D eigenvalue weighted by molar-refractivity contribution is 7.71. The third-order valence-corrected chi connectivity index (χ3v) is 0.665. The summed E-state index contributed by atoms with van der Waals surface area (Å²) in [4.78, 5) is 2.72. The minimum absolute atomic E-state index is 0.441. The lowest BCUT2D eigenvalue weighted by Crippen LogP contribution is -1.59. The molecule has 1 rings (SSSR count). The summed E-state index contributed by atoms with van der Waals surface area (Å²) >= 11 is 0.441. The standard InChI is InChI=1S/C2H5N3S/c6-2-3-1-4-5-2/h1,5H,6H2,(H,3,4)/i6D. The molecule has 0 amide bonds. The molecule has 0 unspecified atom stereocenters. The molecule has 34 valence electrons. The minimum atomic E-state index is 0.441. The molecule has 0 saturated heterocycles. The molecule has 0 aliphatic rings. The Morgan fingerprint density at radius 3 is 3.50 bits per heavy atom. The lowest BCUT2D eigenvalue weighted by molar-refractivity contribution is 1.08. The average molecular weight is 104 g/mol. The van der Waals surface area contributed by atoms with Crippen molar-refractivity contribution in [2.75, 3.05) is 0 Å². The Morgan fingerprint density at radius 1 is 2.17 bits per heavy atom. The van der Waals surface area contributed by atoms with Crippen molar-refractivity contribution in [2.45, 2.75) is 0 Å². The number of nitrogens with one attached hydrogen (secondary N) is 2. The molecule has 4 heteroatoms. The van der Waals surface area contributed by atoms with Crippen molar-refractivity contribution in [2.24, 2.45) is 0 Å². The molecule has 0 saturated carbocycles. The van der Waals surface area contributed by atoms with E-state index in [9.17, 15) is 0 Å². The van der Waals surface area contributed by atoms with Gasteiger partial charge in [0.1, 0.15) is 11.1 Å². The summed E-state index contributed by atoms with van der Waals surface area (Å²) in [5, 5.41) is 6.17. The molecule has 0 bridgehead atoms. The molecule has 0 aromatic carbocycles. The summed E-state index contributed by atoms with van der Waals surface area (Å²) in [5.41, 5.74) is 0. The fraction of sp³-hybridized carbons (Fsp3) is 0. The molecular formula is C2H5N3S. The lowest BCUT2D eigenvalue weighted by atomic mass is 11.3. The van der Waals surface area contributed by atoms with E-state index in [1.54, 1.807) is 0 Å². The van der Waals surface area contributed by atoms with Gasteiger partial charge in [0.25, 0.3) is 0 Å². The molecule has 0 aliphatic carbocycles. The first-order valence-electron chi connectivity index (χ1n) is 1.94. The third-order valence-electron chi connectivity index (χ3n) is 0.436. The van der Waals surface area contributed by atoms with E-state index in [4.69, 9.17) is 1.12 Å². The van der Waals surface area contributed by atoms with E-state index >= 15 is 0 Å². The van der Waals surface area contributed by atoms with E-state index in [0.29, 0.717) is 16.9 Å². The molecule has 0 atom stereocenters. The molecule has 1 aromatic heterocycles. The van der Waals surface area contributed by atoms with Crippen LogP contribution in [0.4, 0.5) is 0 Å². The van der Waals surface area contributed by atoms with Gasteiger partial charge in [-0.3, -0.25) is 5.10 Å². The summed E-state index contributed by atoms with van der Waals surface area (Å²) in [7, 11) is 0.